The van der Waals surface area contributed by atoms with Crippen molar-refractivity contribution in [3.8, 4) is 17.6 Å². The van der Waals surface area contributed by atoms with Gasteiger partial charge in [0.15, 0.2) is 11.6 Å². The third-order valence-electron chi connectivity index (χ3n) is 5.64. The van der Waals surface area contributed by atoms with Gasteiger partial charge in [0.1, 0.15) is 11.7 Å². The second kappa shape index (κ2) is 10.9. The van der Waals surface area contributed by atoms with Gasteiger partial charge in [-0.15, -0.1) is 0 Å². The van der Waals surface area contributed by atoms with E-state index in [0.29, 0.717) is 16.9 Å². The summed E-state index contributed by atoms with van der Waals surface area (Å²) in [6.45, 7) is 0. The predicted octanol–water partition coefficient (Wildman–Crippen LogP) is 6.21. The first-order valence-corrected chi connectivity index (χ1v) is 11.1. The van der Waals surface area contributed by atoms with Crippen molar-refractivity contribution in [2.75, 3.05) is 7.11 Å². The van der Waals surface area contributed by atoms with Gasteiger partial charge < -0.3 is 4.74 Å². The van der Waals surface area contributed by atoms with E-state index in [1.807, 2.05) is 66.7 Å². The molecule has 0 aromatic heterocycles. The Morgan fingerprint density at radius 1 is 0.647 bits per heavy atom. The molecule has 0 spiro atoms. The summed E-state index contributed by atoms with van der Waals surface area (Å²) < 4.78 is 5.30. The highest BCUT2D eigenvalue weighted by molar-refractivity contribution is 6.17. The zero-order valence-corrected chi connectivity index (χ0v) is 18.8. The molecule has 0 fully saturated rings. The van der Waals surface area contributed by atoms with Gasteiger partial charge in [-0.3, -0.25) is 9.59 Å². The Hall–Kier alpha value is -4.42. The van der Waals surface area contributed by atoms with Gasteiger partial charge >= 0.3 is 0 Å². The van der Waals surface area contributed by atoms with Crippen LogP contribution in [0.25, 0.3) is 0 Å². The highest BCUT2D eigenvalue weighted by Gasteiger charge is 2.36. The van der Waals surface area contributed by atoms with Gasteiger partial charge in [0.2, 0.25) is 0 Å². The summed E-state index contributed by atoms with van der Waals surface area (Å²) in [6.07, 6.45) is 0. The maximum atomic E-state index is 13.8. The van der Waals surface area contributed by atoms with Crippen LogP contribution in [0, 0.1) is 17.8 Å². The van der Waals surface area contributed by atoms with Crippen molar-refractivity contribution in [1.82, 2.24) is 0 Å². The third kappa shape index (κ3) is 5.31. The third-order valence-corrected chi connectivity index (χ3v) is 5.64. The second-order valence-corrected chi connectivity index (χ2v) is 7.82. The minimum Gasteiger partial charge on any atom is -0.497 e. The van der Waals surface area contributed by atoms with E-state index in [4.69, 9.17) is 4.74 Å². The molecule has 166 valence electrons. The predicted molar refractivity (Wildman–Crippen MR) is 134 cm³/mol. The SMILES string of the molecule is COc1ccc(C(C#Cc2ccccc2)C(C(=O)c2ccccc2)C(=O)c2ccccc2)cc1. The van der Waals surface area contributed by atoms with Crippen LogP contribution >= 0.6 is 0 Å². The summed E-state index contributed by atoms with van der Waals surface area (Å²) >= 11 is 0. The Labute approximate surface area is 200 Å². The Morgan fingerprint density at radius 2 is 1.12 bits per heavy atom. The average Bonchev–Trinajstić information content (AvgIpc) is 2.92. The second-order valence-electron chi connectivity index (χ2n) is 7.82. The lowest BCUT2D eigenvalue weighted by Crippen LogP contribution is -2.30. The lowest BCUT2D eigenvalue weighted by atomic mass is 9.77. The lowest BCUT2D eigenvalue weighted by Gasteiger charge is -2.22. The molecule has 1 atom stereocenters. The summed E-state index contributed by atoms with van der Waals surface area (Å²) in [5.74, 6) is 4.98. The van der Waals surface area contributed by atoms with Crippen molar-refractivity contribution in [1.29, 1.82) is 0 Å². The van der Waals surface area contributed by atoms with E-state index in [1.165, 1.54) is 0 Å². The highest BCUT2D eigenvalue weighted by Crippen LogP contribution is 2.32. The molecule has 0 aliphatic carbocycles. The van der Waals surface area contributed by atoms with Gasteiger partial charge in [0, 0.05) is 16.7 Å². The molecule has 4 aromatic rings. The maximum absolute atomic E-state index is 13.8. The van der Waals surface area contributed by atoms with E-state index in [2.05, 4.69) is 11.8 Å². The number of hydrogen-bond donors (Lipinski definition) is 0. The molecule has 0 saturated heterocycles. The fourth-order valence-electron chi connectivity index (χ4n) is 3.84. The smallest absolute Gasteiger partial charge is 0.175 e. The summed E-state index contributed by atoms with van der Waals surface area (Å²) in [7, 11) is 1.60. The Morgan fingerprint density at radius 3 is 1.59 bits per heavy atom. The summed E-state index contributed by atoms with van der Waals surface area (Å²) in [5, 5.41) is 0. The number of benzene rings is 4. The minimum atomic E-state index is -1.01. The van der Waals surface area contributed by atoms with Gasteiger partial charge in [-0.1, -0.05) is 103 Å². The maximum Gasteiger partial charge on any atom is 0.175 e. The van der Waals surface area contributed by atoms with Crippen molar-refractivity contribution in [2.24, 2.45) is 5.92 Å². The number of hydrogen-bond acceptors (Lipinski definition) is 3. The van der Waals surface area contributed by atoms with Crippen molar-refractivity contribution in [3.63, 3.8) is 0 Å². The normalized spacial score (nSPS) is 11.2. The van der Waals surface area contributed by atoms with E-state index in [0.717, 1.165) is 11.1 Å². The van der Waals surface area contributed by atoms with Gasteiger partial charge in [-0.2, -0.15) is 0 Å². The van der Waals surface area contributed by atoms with E-state index in [1.54, 1.807) is 55.6 Å². The van der Waals surface area contributed by atoms with Gasteiger partial charge in [-0.05, 0) is 29.8 Å². The van der Waals surface area contributed by atoms with Crippen LogP contribution in [0.4, 0.5) is 0 Å². The van der Waals surface area contributed by atoms with Crippen LogP contribution in [0.15, 0.2) is 115 Å². The van der Waals surface area contributed by atoms with Crippen LogP contribution in [0.2, 0.25) is 0 Å². The van der Waals surface area contributed by atoms with Gasteiger partial charge in [0.25, 0.3) is 0 Å². The van der Waals surface area contributed by atoms with Crippen LogP contribution < -0.4 is 4.74 Å². The van der Waals surface area contributed by atoms with Crippen LogP contribution in [0.5, 0.6) is 5.75 Å². The Balaban J connectivity index is 1.86. The van der Waals surface area contributed by atoms with Crippen molar-refractivity contribution >= 4 is 11.6 Å². The molecule has 0 heterocycles. The van der Waals surface area contributed by atoms with E-state index < -0.39 is 11.8 Å². The Kier molecular flexibility index (Phi) is 7.32. The molecule has 0 bridgehead atoms. The standard InChI is InChI=1S/C31H24O3/c1-34-27-20-18-24(19-21-27)28(22-17-23-11-5-2-6-12-23)29(30(32)25-13-7-3-8-14-25)31(33)26-15-9-4-10-16-26/h2-16,18-21,28-29H,1H3. The summed E-state index contributed by atoms with van der Waals surface area (Å²) in [6, 6.07) is 34.8. The molecular weight excluding hydrogens is 420 g/mol. The largest absolute Gasteiger partial charge is 0.497 e. The summed E-state index contributed by atoms with van der Waals surface area (Å²) in [4.78, 5) is 27.6. The van der Waals surface area contributed by atoms with Crippen molar-refractivity contribution < 1.29 is 14.3 Å². The first-order chi connectivity index (χ1) is 16.7. The molecule has 0 N–H and O–H groups in total. The molecule has 0 amide bonds. The minimum absolute atomic E-state index is 0.252. The molecule has 1 unspecified atom stereocenters. The molecule has 0 saturated carbocycles. The van der Waals surface area contributed by atoms with Crippen LogP contribution in [-0.2, 0) is 0 Å². The number of carbonyl (C=O) groups excluding carboxylic acids is 2. The fraction of sp³-hybridized carbons (Fsp3) is 0.0968. The number of carbonyl (C=O) groups is 2. The molecule has 4 aromatic carbocycles. The lowest BCUT2D eigenvalue weighted by molar-refractivity contribution is 0.0797. The van der Waals surface area contributed by atoms with Gasteiger partial charge in [0.05, 0.1) is 13.0 Å². The zero-order valence-electron chi connectivity index (χ0n) is 18.8. The molecule has 3 heteroatoms. The molecular formula is C31H24O3. The number of methoxy groups -OCH3 is 1. The molecule has 0 aliphatic rings. The van der Waals surface area contributed by atoms with Crippen LogP contribution in [0.3, 0.4) is 0 Å². The highest BCUT2D eigenvalue weighted by atomic mass is 16.5. The number of rotatable bonds is 7. The fourth-order valence-corrected chi connectivity index (χ4v) is 3.84. The monoisotopic (exact) mass is 444 g/mol. The van der Waals surface area contributed by atoms with Gasteiger partial charge in [-0.25, -0.2) is 0 Å². The molecule has 4 rings (SSSR count). The topological polar surface area (TPSA) is 43.4 Å². The first-order valence-electron chi connectivity index (χ1n) is 11.1. The van der Waals surface area contributed by atoms with E-state index >= 15 is 0 Å². The van der Waals surface area contributed by atoms with Crippen molar-refractivity contribution in [2.45, 2.75) is 5.92 Å². The van der Waals surface area contributed by atoms with Crippen LogP contribution in [0.1, 0.15) is 37.8 Å². The number of Topliss-reactive ketones (excluding diaryl/α,β-unsaturated/α-hetero) is 2. The first kappa shape index (κ1) is 22.8. The van der Waals surface area contributed by atoms with Crippen molar-refractivity contribution in [3.05, 3.63) is 138 Å². The number of ketones is 2. The van der Waals surface area contributed by atoms with E-state index in [9.17, 15) is 9.59 Å². The zero-order chi connectivity index (χ0) is 23.8. The molecule has 0 radical (unpaired) electrons. The Bertz CT molecular complexity index is 1250. The quantitative estimate of drug-likeness (QED) is 0.193. The van der Waals surface area contributed by atoms with E-state index in [-0.39, 0.29) is 11.6 Å². The molecule has 0 aliphatic heterocycles. The average molecular weight is 445 g/mol. The van der Waals surface area contributed by atoms with Crippen LogP contribution in [-0.4, -0.2) is 18.7 Å². The molecule has 3 nitrogen and oxygen atoms in total. The molecule has 34 heavy (non-hydrogen) atoms. The number of ether oxygens (including phenoxy) is 1. The summed E-state index contributed by atoms with van der Waals surface area (Å²) in [5.41, 5.74) is 2.57.